The highest BCUT2D eigenvalue weighted by atomic mass is 127. The molecule has 2 aromatic heterocycles. The largest absolute Gasteiger partial charge is 0.479 e. The molecule has 1 fully saturated rings. The van der Waals surface area contributed by atoms with Crippen LogP contribution in [-0.4, -0.2) is 79.4 Å². The number of fused-ring (bicyclic) bond motifs is 2. The Morgan fingerprint density at radius 1 is 1.20 bits per heavy atom. The third kappa shape index (κ3) is 6.72. The lowest BCUT2D eigenvalue weighted by molar-refractivity contribution is -0.149. The number of nitrogens with zero attached hydrogens (tertiary/aromatic N) is 4. The summed E-state index contributed by atoms with van der Waals surface area (Å²) in [7, 11) is -2.96. The van der Waals surface area contributed by atoms with Crippen LogP contribution in [0.1, 0.15) is 33.9 Å². The first kappa shape index (κ1) is 33.2. The standard InChI is InChI=1S/C28H34IN6O9P/c1-14(2)42-24(37)15(3)34-45(39,44-18-12-8-10-16-9-6-7-11-17(16)18)41-13-19-21(36)28(4,38)25(43-19)35-22-20(31-26(35)29)23(40-5)33-27(30)32-22/h6-12,14-15,19,21,25,36,38H,13H2,1-5H3,(H,34,39)(H2,30,32,33)/t15?,19-,21-,25-,28-,45?/m1/s1. The number of esters is 1. The molecule has 0 radical (unpaired) electrons. The number of rotatable bonds is 11. The molecule has 2 unspecified atom stereocenters. The van der Waals surface area contributed by atoms with E-state index in [4.69, 9.17) is 29.0 Å². The number of hydrogen-bond donors (Lipinski definition) is 4. The molecule has 17 heteroatoms. The van der Waals surface area contributed by atoms with Crippen LogP contribution in [0, 0.1) is 3.83 Å². The Kier molecular flexibility index (Phi) is 9.56. The van der Waals surface area contributed by atoms with E-state index in [1.165, 1.54) is 25.5 Å². The van der Waals surface area contributed by atoms with Crippen LogP contribution in [-0.2, 0) is 23.4 Å². The van der Waals surface area contributed by atoms with Crippen LogP contribution in [0.2, 0.25) is 0 Å². The monoisotopic (exact) mass is 756 g/mol. The summed E-state index contributed by atoms with van der Waals surface area (Å²) in [6.45, 7) is 5.70. The smallest absolute Gasteiger partial charge is 0.459 e. The maximum atomic E-state index is 14.3. The molecule has 45 heavy (non-hydrogen) atoms. The van der Waals surface area contributed by atoms with Gasteiger partial charge in [-0.2, -0.15) is 15.1 Å². The van der Waals surface area contributed by atoms with Crippen molar-refractivity contribution in [1.29, 1.82) is 0 Å². The number of methoxy groups -OCH3 is 1. The summed E-state index contributed by atoms with van der Waals surface area (Å²) in [5.41, 5.74) is 4.44. The Hall–Kier alpha value is -3.12. The van der Waals surface area contributed by atoms with Crippen LogP contribution in [0.4, 0.5) is 5.95 Å². The van der Waals surface area contributed by atoms with Gasteiger partial charge in [0.25, 0.3) is 0 Å². The third-order valence-electron chi connectivity index (χ3n) is 7.10. The average Bonchev–Trinajstić information content (AvgIpc) is 3.42. The molecule has 4 aromatic rings. The number of nitrogens with one attached hydrogen (secondary N) is 1. The summed E-state index contributed by atoms with van der Waals surface area (Å²) in [6, 6.07) is 11.4. The number of carbonyl (C=O) groups is 1. The van der Waals surface area contributed by atoms with Crippen LogP contribution in [0.15, 0.2) is 42.5 Å². The van der Waals surface area contributed by atoms with Gasteiger partial charge in [-0.1, -0.05) is 36.4 Å². The van der Waals surface area contributed by atoms with Crippen molar-refractivity contribution in [3.63, 3.8) is 0 Å². The number of nitrogen functional groups attached to an aromatic ring is 1. The molecule has 5 rings (SSSR count). The molecule has 6 atom stereocenters. The molecule has 15 nitrogen and oxygen atoms in total. The normalized spacial score (nSPS) is 23.7. The van der Waals surface area contributed by atoms with E-state index in [2.05, 4.69) is 20.0 Å². The SMILES string of the molecule is COc1nc(N)nc2c1nc(I)n2[C@@H]1O[C@H](COP(=O)(NC(C)C(=O)OC(C)C)Oc2cccc3ccccc23)[C@@H](O)[C@@]1(C)O. The molecule has 2 aromatic carbocycles. The van der Waals surface area contributed by atoms with Crippen molar-refractivity contribution in [3.05, 3.63) is 46.3 Å². The number of aliphatic hydroxyl groups is 2. The van der Waals surface area contributed by atoms with E-state index >= 15 is 0 Å². The molecule has 0 aliphatic carbocycles. The molecule has 0 bridgehead atoms. The molecule has 5 N–H and O–H groups in total. The summed E-state index contributed by atoms with van der Waals surface area (Å²) >= 11 is 1.92. The Balaban J connectivity index is 1.44. The molecule has 0 saturated carbocycles. The highest BCUT2D eigenvalue weighted by Crippen LogP contribution is 2.49. The van der Waals surface area contributed by atoms with E-state index in [0.29, 0.717) is 9.22 Å². The zero-order valence-electron chi connectivity index (χ0n) is 25.1. The van der Waals surface area contributed by atoms with E-state index in [-0.39, 0.29) is 28.7 Å². The van der Waals surface area contributed by atoms with Gasteiger partial charge in [0, 0.05) is 28.0 Å². The minimum atomic E-state index is -4.36. The zero-order valence-corrected chi connectivity index (χ0v) is 28.1. The van der Waals surface area contributed by atoms with Crippen molar-refractivity contribution in [3.8, 4) is 11.6 Å². The maximum absolute atomic E-state index is 14.3. The molecular formula is C28H34IN6O9P. The maximum Gasteiger partial charge on any atom is 0.459 e. The topological polar surface area (TPSA) is 202 Å². The number of anilines is 1. The minimum Gasteiger partial charge on any atom is -0.479 e. The van der Waals surface area contributed by atoms with E-state index in [9.17, 15) is 19.6 Å². The van der Waals surface area contributed by atoms with Crippen LogP contribution < -0.4 is 20.1 Å². The molecule has 1 aliphatic rings. The molecule has 0 spiro atoms. The average molecular weight is 756 g/mol. The number of nitrogens with two attached hydrogens (primary N) is 1. The zero-order chi connectivity index (χ0) is 32.7. The van der Waals surface area contributed by atoms with Crippen LogP contribution in [0.25, 0.3) is 21.9 Å². The number of aromatic nitrogens is 4. The highest BCUT2D eigenvalue weighted by Gasteiger charge is 2.55. The number of hydrogen-bond acceptors (Lipinski definition) is 13. The Labute approximate surface area is 272 Å². The van der Waals surface area contributed by atoms with Gasteiger partial charge in [0.2, 0.25) is 11.8 Å². The molecular weight excluding hydrogens is 722 g/mol. The molecule has 0 amide bonds. The fraction of sp³-hybridized carbons (Fsp3) is 0.429. The highest BCUT2D eigenvalue weighted by molar-refractivity contribution is 14.1. The van der Waals surface area contributed by atoms with E-state index in [1.807, 2.05) is 40.8 Å². The van der Waals surface area contributed by atoms with Crippen molar-refractivity contribution in [2.75, 3.05) is 19.5 Å². The second-order valence-electron chi connectivity index (χ2n) is 10.9. The van der Waals surface area contributed by atoms with Crippen molar-refractivity contribution in [2.45, 2.75) is 63.9 Å². The molecule has 242 valence electrons. The van der Waals surface area contributed by atoms with Gasteiger partial charge in [0.15, 0.2) is 21.2 Å². The number of aliphatic hydroxyl groups excluding tert-OH is 1. The van der Waals surface area contributed by atoms with Crippen molar-refractivity contribution < 1.29 is 42.8 Å². The summed E-state index contributed by atoms with van der Waals surface area (Å²) in [5, 5.41) is 26.8. The summed E-state index contributed by atoms with van der Waals surface area (Å²) in [4.78, 5) is 25.3. The lowest BCUT2D eigenvalue weighted by Crippen LogP contribution is -2.45. The Morgan fingerprint density at radius 2 is 1.91 bits per heavy atom. The van der Waals surface area contributed by atoms with Gasteiger partial charge in [-0.3, -0.25) is 13.9 Å². The third-order valence-corrected chi connectivity index (χ3v) is 9.49. The second kappa shape index (κ2) is 12.9. The first-order valence-electron chi connectivity index (χ1n) is 13.9. The van der Waals surface area contributed by atoms with E-state index < -0.39 is 56.5 Å². The van der Waals surface area contributed by atoms with Crippen molar-refractivity contribution >= 4 is 64.2 Å². The summed E-state index contributed by atoms with van der Waals surface area (Å²) < 4.78 is 44.5. The molecule has 1 aliphatic heterocycles. The number of ether oxygens (including phenoxy) is 3. The fourth-order valence-corrected chi connectivity index (χ4v) is 7.18. The quantitative estimate of drug-likeness (QED) is 0.0751. The van der Waals surface area contributed by atoms with Crippen LogP contribution >= 0.6 is 30.3 Å². The van der Waals surface area contributed by atoms with Gasteiger partial charge in [-0.05, 0) is 39.1 Å². The predicted molar refractivity (Wildman–Crippen MR) is 172 cm³/mol. The number of halogens is 1. The summed E-state index contributed by atoms with van der Waals surface area (Å²) in [5.74, 6) is -0.418. The van der Waals surface area contributed by atoms with Gasteiger partial charge >= 0.3 is 13.7 Å². The minimum absolute atomic E-state index is 0.0994. The Morgan fingerprint density at radius 3 is 2.62 bits per heavy atom. The molecule has 1 saturated heterocycles. The van der Waals surface area contributed by atoms with Gasteiger partial charge in [-0.15, -0.1) is 0 Å². The van der Waals surface area contributed by atoms with Gasteiger partial charge < -0.3 is 34.7 Å². The lowest BCUT2D eigenvalue weighted by Gasteiger charge is -2.28. The van der Waals surface area contributed by atoms with Crippen molar-refractivity contribution in [1.82, 2.24) is 24.6 Å². The summed E-state index contributed by atoms with van der Waals surface area (Å²) in [6.07, 6.45) is -4.40. The van der Waals surface area contributed by atoms with E-state index in [0.717, 1.165) is 5.39 Å². The van der Waals surface area contributed by atoms with Gasteiger partial charge in [-0.25, -0.2) is 9.55 Å². The van der Waals surface area contributed by atoms with Crippen LogP contribution in [0.5, 0.6) is 11.6 Å². The lowest BCUT2D eigenvalue weighted by atomic mass is 9.96. The molecule has 3 heterocycles. The predicted octanol–water partition coefficient (Wildman–Crippen LogP) is 3.32. The van der Waals surface area contributed by atoms with Crippen molar-refractivity contribution in [2.24, 2.45) is 0 Å². The van der Waals surface area contributed by atoms with E-state index in [1.54, 1.807) is 38.1 Å². The van der Waals surface area contributed by atoms with Gasteiger partial charge in [0.1, 0.15) is 29.6 Å². The number of carbonyl (C=O) groups excluding carboxylic acids is 1. The number of imidazole rings is 1. The number of benzene rings is 2. The van der Waals surface area contributed by atoms with Crippen LogP contribution in [0.3, 0.4) is 0 Å². The Bertz CT molecular complexity index is 1760. The fourth-order valence-electron chi connectivity index (χ4n) is 4.93. The first-order valence-corrected chi connectivity index (χ1v) is 16.6. The first-order chi connectivity index (χ1) is 21.2. The second-order valence-corrected chi connectivity index (χ2v) is 13.6. The van der Waals surface area contributed by atoms with Gasteiger partial charge in [0.05, 0.1) is 19.8 Å².